The van der Waals surface area contributed by atoms with Gasteiger partial charge in [0.2, 0.25) is 5.89 Å². The Labute approximate surface area is 82.6 Å². The summed E-state index contributed by atoms with van der Waals surface area (Å²) in [6.07, 6.45) is 1.63. The van der Waals surface area contributed by atoms with E-state index in [0.717, 1.165) is 11.3 Å². The van der Waals surface area contributed by atoms with Gasteiger partial charge in [0.1, 0.15) is 12.0 Å². The Morgan fingerprint density at radius 1 is 1.29 bits per heavy atom. The van der Waals surface area contributed by atoms with Gasteiger partial charge in [-0.1, -0.05) is 30.3 Å². The van der Waals surface area contributed by atoms with Crippen LogP contribution in [0.25, 0.3) is 11.3 Å². The summed E-state index contributed by atoms with van der Waals surface area (Å²) in [6.45, 7) is 1.85. The summed E-state index contributed by atoms with van der Waals surface area (Å²) in [6, 6.07) is 9.72. The third-order valence-corrected chi connectivity index (χ3v) is 1.98. The lowest BCUT2D eigenvalue weighted by molar-refractivity contribution is 0.464. The molecule has 3 heteroatoms. The van der Waals surface area contributed by atoms with Crippen molar-refractivity contribution in [1.29, 1.82) is 0 Å². The molecule has 1 unspecified atom stereocenters. The summed E-state index contributed by atoms with van der Waals surface area (Å²) >= 11 is 0. The number of oxazole rings is 1. The Kier molecular flexibility index (Phi) is 2.33. The summed E-state index contributed by atoms with van der Waals surface area (Å²) in [7, 11) is 0. The second-order valence-corrected chi connectivity index (χ2v) is 3.23. The largest absolute Gasteiger partial charge is 0.447 e. The van der Waals surface area contributed by atoms with Crippen molar-refractivity contribution in [2.75, 3.05) is 0 Å². The van der Waals surface area contributed by atoms with E-state index < -0.39 is 0 Å². The Bertz CT molecular complexity index is 406. The summed E-state index contributed by atoms with van der Waals surface area (Å²) in [4.78, 5) is 4.29. The van der Waals surface area contributed by atoms with Crippen LogP contribution in [0.3, 0.4) is 0 Å². The molecule has 1 atom stereocenters. The maximum Gasteiger partial charge on any atom is 0.211 e. The second-order valence-electron chi connectivity index (χ2n) is 3.23. The third-order valence-electron chi connectivity index (χ3n) is 1.98. The monoisotopic (exact) mass is 188 g/mol. The Morgan fingerprint density at radius 3 is 2.57 bits per heavy atom. The third kappa shape index (κ3) is 1.67. The van der Waals surface area contributed by atoms with Crippen LogP contribution in [0, 0.1) is 0 Å². The zero-order valence-corrected chi connectivity index (χ0v) is 7.97. The molecule has 2 N–H and O–H groups in total. The Morgan fingerprint density at radius 2 is 2.00 bits per heavy atom. The lowest BCUT2D eigenvalue weighted by Gasteiger charge is -1.95. The van der Waals surface area contributed by atoms with Gasteiger partial charge in [-0.15, -0.1) is 0 Å². The van der Waals surface area contributed by atoms with Crippen LogP contribution in [0.1, 0.15) is 18.9 Å². The molecule has 0 aliphatic rings. The fraction of sp³-hybridized carbons (Fsp3) is 0.182. The molecule has 0 spiro atoms. The van der Waals surface area contributed by atoms with Gasteiger partial charge in [-0.3, -0.25) is 0 Å². The van der Waals surface area contributed by atoms with E-state index >= 15 is 0 Å². The van der Waals surface area contributed by atoms with E-state index in [9.17, 15) is 0 Å². The summed E-state index contributed by atoms with van der Waals surface area (Å²) < 4.78 is 5.24. The number of rotatable bonds is 2. The van der Waals surface area contributed by atoms with Crippen LogP contribution < -0.4 is 5.73 Å². The number of benzene rings is 1. The summed E-state index contributed by atoms with van der Waals surface area (Å²) in [5.41, 5.74) is 7.52. The molecule has 2 rings (SSSR count). The highest BCUT2D eigenvalue weighted by Gasteiger charge is 2.08. The molecular weight excluding hydrogens is 176 g/mol. The first-order valence-corrected chi connectivity index (χ1v) is 4.54. The van der Waals surface area contributed by atoms with Crippen molar-refractivity contribution in [2.45, 2.75) is 13.0 Å². The molecule has 3 nitrogen and oxygen atoms in total. The molecule has 0 bridgehead atoms. The highest BCUT2D eigenvalue weighted by Crippen LogP contribution is 2.19. The predicted molar refractivity (Wildman–Crippen MR) is 54.5 cm³/mol. The molecule has 1 aromatic heterocycles. The first kappa shape index (κ1) is 8.97. The highest BCUT2D eigenvalue weighted by molar-refractivity contribution is 5.57. The van der Waals surface area contributed by atoms with Gasteiger partial charge in [0, 0.05) is 5.56 Å². The topological polar surface area (TPSA) is 52.0 Å². The molecule has 1 heterocycles. The van der Waals surface area contributed by atoms with Crippen molar-refractivity contribution < 1.29 is 4.42 Å². The van der Waals surface area contributed by atoms with E-state index in [-0.39, 0.29) is 6.04 Å². The van der Waals surface area contributed by atoms with Gasteiger partial charge in [-0.25, -0.2) is 4.98 Å². The quantitative estimate of drug-likeness (QED) is 0.787. The van der Waals surface area contributed by atoms with Crippen molar-refractivity contribution in [1.82, 2.24) is 4.98 Å². The summed E-state index contributed by atoms with van der Waals surface area (Å²) in [5, 5.41) is 0. The number of aromatic nitrogens is 1. The smallest absolute Gasteiger partial charge is 0.211 e. The van der Waals surface area contributed by atoms with Gasteiger partial charge in [0.05, 0.1) is 6.04 Å². The van der Waals surface area contributed by atoms with Gasteiger partial charge >= 0.3 is 0 Å². The summed E-state index contributed by atoms with van der Waals surface area (Å²) in [5.74, 6) is 0.573. The molecule has 0 aliphatic carbocycles. The van der Waals surface area contributed by atoms with Gasteiger partial charge < -0.3 is 10.2 Å². The van der Waals surface area contributed by atoms with Crippen molar-refractivity contribution >= 4 is 0 Å². The molecule has 72 valence electrons. The fourth-order valence-electron chi connectivity index (χ4n) is 1.24. The molecule has 0 radical (unpaired) electrons. The number of hydrogen-bond acceptors (Lipinski definition) is 3. The molecule has 0 saturated carbocycles. The number of hydrogen-bond donors (Lipinski definition) is 1. The minimum atomic E-state index is -0.160. The van der Waals surface area contributed by atoms with Gasteiger partial charge in [0.25, 0.3) is 0 Å². The van der Waals surface area contributed by atoms with Crippen LogP contribution in [0.5, 0.6) is 0 Å². The van der Waals surface area contributed by atoms with Crippen molar-refractivity contribution in [2.24, 2.45) is 5.73 Å². The van der Waals surface area contributed by atoms with E-state index in [2.05, 4.69) is 4.98 Å². The normalized spacial score (nSPS) is 12.7. The average Bonchev–Trinajstić information content (AvgIpc) is 2.68. The van der Waals surface area contributed by atoms with Crippen LogP contribution in [0.4, 0.5) is 0 Å². The van der Waals surface area contributed by atoms with Gasteiger partial charge in [0.15, 0.2) is 0 Å². The molecule has 0 aliphatic heterocycles. The molecule has 2 aromatic rings. The standard InChI is InChI=1S/C11H12N2O/c1-8(12)11-13-10(7-14-11)9-5-3-2-4-6-9/h2-8H,12H2,1H3. The minimum Gasteiger partial charge on any atom is -0.447 e. The maximum absolute atomic E-state index is 5.65. The first-order valence-electron chi connectivity index (χ1n) is 4.54. The lowest BCUT2D eigenvalue weighted by atomic mass is 10.2. The molecule has 1 aromatic carbocycles. The number of nitrogens with zero attached hydrogens (tertiary/aromatic N) is 1. The number of nitrogens with two attached hydrogens (primary N) is 1. The van der Waals surface area contributed by atoms with Crippen molar-refractivity contribution in [3.05, 3.63) is 42.5 Å². The van der Waals surface area contributed by atoms with E-state index in [1.165, 1.54) is 0 Å². The molecule has 0 amide bonds. The lowest BCUT2D eigenvalue weighted by Crippen LogP contribution is -2.04. The minimum absolute atomic E-state index is 0.160. The van der Waals surface area contributed by atoms with Crippen LogP contribution in [-0.4, -0.2) is 4.98 Å². The van der Waals surface area contributed by atoms with E-state index in [4.69, 9.17) is 10.2 Å². The molecule has 0 saturated heterocycles. The van der Waals surface area contributed by atoms with Crippen molar-refractivity contribution in [3.63, 3.8) is 0 Å². The SMILES string of the molecule is CC(N)c1nc(-c2ccccc2)co1. The predicted octanol–water partition coefficient (Wildman–Crippen LogP) is 2.36. The van der Waals surface area contributed by atoms with Crippen LogP contribution in [-0.2, 0) is 0 Å². The van der Waals surface area contributed by atoms with Crippen LogP contribution in [0.2, 0.25) is 0 Å². The zero-order valence-electron chi connectivity index (χ0n) is 7.97. The van der Waals surface area contributed by atoms with Gasteiger partial charge in [-0.2, -0.15) is 0 Å². The average molecular weight is 188 g/mol. The van der Waals surface area contributed by atoms with Crippen LogP contribution >= 0.6 is 0 Å². The Balaban J connectivity index is 2.34. The second kappa shape index (κ2) is 3.64. The van der Waals surface area contributed by atoms with E-state index in [0.29, 0.717) is 5.89 Å². The fourth-order valence-corrected chi connectivity index (χ4v) is 1.24. The first-order chi connectivity index (χ1) is 6.77. The molecule has 14 heavy (non-hydrogen) atoms. The van der Waals surface area contributed by atoms with Gasteiger partial charge in [-0.05, 0) is 6.92 Å². The highest BCUT2D eigenvalue weighted by atomic mass is 16.3. The van der Waals surface area contributed by atoms with E-state index in [1.807, 2.05) is 37.3 Å². The van der Waals surface area contributed by atoms with Crippen molar-refractivity contribution in [3.8, 4) is 11.3 Å². The zero-order chi connectivity index (χ0) is 9.97. The molecule has 0 fully saturated rings. The Hall–Kier alpha value is -1.61. The van der Waals surface area contributed by atoms with Crippen LogP contribution in [0.15, 0.2) is 41.0 Å². The maximum atomic E-state index is 5.65. The van der Waals surface area contributed by atoms with E-state index in [1.54, 1.807) is 6.26 Å². The molecular formula is C11H12N2O.